The van der Waals surface area contributed by atoms with Crippen molar-refractivity contribution in [1.82, 2.24) is 0 Å². The molecule has 6 rings (SSSR count). The van der Waals surface area contributed by atoms with Gasteiger partial charge in [-0.3, -0.25) is 0 Å². The van der Waals surface area contributed by atoms with Gasteiger partial charge in [-0.05, 0) is 57.6 Å². The van der Waals surface area contributed by atoms with Crippen LogP contribution in [0.25, 0.3) is 36.5 Å². The van der Waals surface area contributed by atoms with Crippen LogP contribution in [0.2, 0.25) is 26.2 Å². The molecule has 6 aromatic rings. The molecule has 0 aliphatic carbocycles. The van der Waals surface area contributed by atoms with Gasteiger partial charge in [-0.25, -0.2) is 0 Å². The highest BCUT2D eigenvalue weighted by Gasteiger charge is 2.20. The lowest BCUT2D eigenvalue weighted by atomic mass is 10.1. The Labute approximate surface area is 338 Å². The molecule has 4 heteroatoms. The van der Waals surface area contributed by atoms with Crippen molar-refractivity contribution in [1.29, 1.82) is 0 Å². The molecule has 0 aliphatic heterocycles. The van der Waals surface area contributed by atoms with Crippen molar-refractivity contribution in [2.45, 2.75) is 26.2 Å². The van der Waals surface area contributed by atoms with E-state index in [1.807, 2.05) is 0 Å². The summed E-state index contributed by atoms with van der Waals surface area (Å²) in [6.45, 7) is 11.5. The molecule has 0 fully saturated rings. The Morgan fingerprint density at radius 3 is 0.929 bits per heavy atom. The van der Waals surface area contributed by atoms with E-state index in [0.717, 1.165) is 13.1 Å². The standard InChI is InChI=1S/C52H56N2Si2/c1-53(49-29-21-47(22-30-49)37-41-55(3,4)51-33-25-45(26-34-51)19-17-43-13-9-7-10-14-43)39-40-54(2)50-31-23-48(24-32-50)38-42-56(5,6)52-35-27-46(28-36-52)20-18-44-15-11-8-12-16-44/h7-38,41-42H,39-40H2,1-6H3/b19-17+,20-18+,41-37+,42-38+. The van der Waals surface area contributed by atoms with Gasteiger partial charge in [0.25, 0.3) is 0 Å². The zero-order chi connectivity index (χ0) is 39.4. The molecule has 2 nitrogen and oxygen atoms in total. The number of anilines is 2. The first-order chi connectivity index (χ1) is 27.0. The van der Waals surface area contributed by atoms with Crippen LogP contribution in [-0.2, 0) is 0 Å². The summed E-state index contributed by atoms with van der Waals surface area (Å²) in [7, 11) is 0.898. The molecule has 0 spiro atoms. The van der Waals surface area contributed by atoms with E-state index in [4.69, 9.17) is 0 Å². The first-order valence-corrected chi connectivity index (χ1v) is 25.9. The topological polar surface area (TPSA) is 6.48 Å². The Hall–Kier alpha value is -5.69. The van der Waals surface area contributed by atoms with Crippen molar-refractivity contribution < 1.29 is 0 Å². The maximum Gasteiger partial charge on any atom is 0.104 e. The van der Waals surface area contributed by atoms with Gasteiger partial charge in [-0.1, -0.05) is 218 Å². The second kappa shape index (κ2) is 18.8. The van der Waals surface area contributed by atoms with Gasteiger partial charge in [0.2, 0.25) is 0 Å². The fraction of sp³-hybridized carbons (Fsp3) is 0.154. The van der Waals surface area contributed by atoms with Gasteiger partial charge in [0, 0.05) is 38.6 Å². The van der Waals surface area contributed by atoms with Crippen LogP contribution < -0.4 is 20.2 Å². The minimum atomic E-state index is -1.73. The summed E-state index contributed by atoms with van der Waals surface area (Å²) in [5.41, 5.74) is 14.7. The second-order valence-electron chi connectivity index (χ2n) is 15.9. The quantitative estimate of drug-likeness (QED) is 0.0759. The summed E-state index contributed by atoms with van der Waals surface area (Å²) >= 11 is 0. The van der Waals surface area contributed by atoms with Gasteiger partial charge in [-0.15, -0.1) is 0 Å². The Balaban J connectivity index is 0.967. The van der Waals surface area contributed by atoms with E-state index in [9.17, 15) is 0 Å². The van der Waals surface area contributed by atoms with Crippen LogP contribution in [0.4, 0.5) is 11.4 Å². The number of hydrogen-bond donors (Lipinski definition) is 0. The third-order valence-electron chi connectivity index (χ3n) is 10.7. The van der Waals surface area contributed by atoms with Crippen LogP contribution in [0.1, 0.15) is 33.4 Å². The van der Waals surface area contributed by atoms with Gasteiger partial charge in [0.1, 0.15) is 16.1 Å². The molecular formula is C52H56N2Si2. The summed E-state index contributed by atoms with van der Waals surface area (Å²) in [5, 5.41) is 2.88. The van der Waals surface area contributed by atoms with Crippen molar-refractivity contribution in [3.8, 4) is 0 Å². The highest BCUT2D eigenvalue weighted by Crippen LogP contribution is 2.20. The van der Waals surface area contributed by atoms with Gasteiger partial charge in [0.15, 0.2) is 0 Å². The molecule has 0 saturated carbocycles. The molecule has 0 atom stereocenters. The molecular weight excluding hydrogens is 709 g/mol. The highest BCUT2D eigenvalue weighted by molar-refractivity contribution is 6.94. The zero-order valence-electron chi connectivity index (χ0n) is 33.9. The van der Waals surface area contributed by atoms with Crippen molar-refractivity contribution in [3.63, 3.8) is 0 Å². The van der Waals surface area contributed by atoms with Gasteiger partial charge in [-0.2, -0.15) is 0 Å². The lowest BCUT2D eigenvalue weighted by Crippen LogP contribution is -2.39. The maximum atomic E-state index is 2.45. The Morgan fingerprint density at radius 1 is 0.339 bits per heavy atom. The molecule has 0 aromatic heterocycles. The molecule has 0 heterocycles. The molecule has 0 saturated heterocycles. The van der Waals surface area contributed by atoms with Crippen LogP contribution in [0, 0.1) is 0 Å². The van der Waals surface area contributed by atoms with Crippen molar-refractivity contribution in [3.05, 3.63) is 203 Å². The molecule has 0 aliphatic rings. The minimum Gasteiger partial charge on any atom is -0.373 e. The molecule has 56 heavy (non-hydrogen) atoms. The van der Waals surface area contributed by atoms with E-state index < -0.39 is 16.1 Å². The van der Waals surface area contributed by atoms with Crippen molar-refractivity contribution in [2.75, 3.05) is 37.0 Å². The molecule has 282 valence electrons. The van der Waals surface area contributed by atoms with Crippen molar-refractivity contribution >= 4 is 74.4 Å². The van der Waals surface area contributed by atoms with E-state index in [1.54, 1.807) is 0 Å². The lowest BCUT2D eigenvalue weighted by molar-refractivity contribution is 0.833. The Morgan fingerprint density at radius 2 is 0.607 bits per heavy atom. The van der Waals surface area contributed by atoms with Crippen molar-refractivity contribution in [2.24, 2.45) is 0 Å². The van der Waals surface area contributed by atoms with Crippen LogP contribution in [0.15, 0.2) is 169 Å². The number of nitrogens with zero attached hydrogens (tertiary/aromatic N) is 2. The highest BCUT2D eigenvalue weighted by atomic mass is 28.3. The predicted octanol–water partition coefficient (Wildman–Crippen LogP) is 11.9. The third-order valence-corrected chi connectivity index (χ3v) is 16.3. The van der Waals surface area contributed by atoms with Gasteiger partial charge >= 0.3 is 0 Å². The number of likely N-dealkylation sites (N-methyl/N-ethyl adjacent to an activating group) is 2. The normalized spacial score (nSPS) is 12.3. The Kier molecular flexibility index (Phi) is 13.4. The van der Waals surface area contributed by atoms with E-state index in [-0.39, 0.29) is 0 Å². The van der Waals surface area contributed by atoms with Crippen LogP contribution in [0.5, 0.6) is 0 Å². The second-order valence-corrected chi connectivity index (χ2v) is 24.6. The molecule has 0 unspecified atom stereocenters. The number of hydrogen-bond acceptors (Lipinski definition) is 2. The SMILES string of the molecule is CN(CCN(C)c1ccc(/C=C/[Si](C)(C)c2ccc(/C=C/c3ccccc3)cc2)cc1)c1ccc(/C=C/[Si](C)(C)c2ccc(/C=C/c3ccccc3)cc2)cc1. The van der Waals surface area contributed by atoms with E-state index in [0.29, 0.717) is 0 Å². The minimum absolute atomic E-state index is 0.935. The number of benzene rings is 6. The Bertz CT molecular complexity index is 2070. The lowest BCUT2D eigenvalue weighted by Gasteiger charge is -2.25. The summed E-state index contributed by atoms with van der Waals surface area (Å²) in [6.07, 6.45) is 13.3. The molecule has 0 N–H and O–H groups in total. The van der Waals surface area contributed by atoms with Crippen LogP contribution in [0.3, 0.4) is 0 Å². The zero-order valence-corrected chi connectivity index (χ0v) is 35.9. The fourth-order valence-corrected chi connectivity index (χ4v) is 10.3. The van der Waals surface area contributed by atoms with Crippen LogP contribution >= 0.6 is 0 Å². The maximum absolute atomic E-state index is 2.45. The van der Waals surface area contributed by atoms with Gasteiger partial charge in [0.05, 0.1) is 0 Å². The predicted molar refractivity (Wildman–Crippen MR) is 255 cm³/mol. The molecule has 6 aromatic carbocycles. The molecule has 0 radical (unpaired) electrons. The van der Waals surface area contributed by atoms with Crippen LogP contribution in [-0.4, -0.2) is 43.3 Å². The van der Waals surface area contributed by atoms with E-state index in [1.165, 1.54) is 55.1 Å². The molecule has 0 amide bonds. The van der Waals surface area contributed by atoms with E-state index >= 15 is 0 Å². The first kappa shape index (κ1) is 40.0. The number of rotatable bonds is 15. The van der Waals surface area contributed by atoms with Gasteiger partial charge < -0.3 is 9.80 Å². The van der Waals surface area contributed by atoms with E-state index in [2.05, 4.69) is 256 Å². The summed E-state index contributed by atoms with van der Waals surface area (Å²) < 4.78 is 0. The average Bonchev–Trinajstić information content (AvgIpc) is 3.24. The summed E-state index contributed by atoms with van der Waals surface area (Å²) in [5.74, 6) is 0. The monoisotopic (exact) mass is 764 g/mol. The smallest absolute Gasteiger partial charge is 0.104 e. The molecule has 0 bridgehead atoms. The summed E-state index contributed by atoms with van der Waals surface area (Å²) in [6, 6.07) is 57.0. The average molecular weight is 765 g/mol. The largest absolute Gasteiger partial charge is 0.373 e. The third kappa shape index (κ3) is 11.4. The fourth-order valence-electron chi connectivity index (χ4n) is 6.60. The first-order valence-electron chi connectivity index (χ1n) is 19.7. The summed E-state index contributed by atoms with van der Waals surface area (Å²) in [4.78, 5) is 4.68.